The first kappa shape index (κ1) is 21.5. The summed E-state index contributed by atoms with van der Waals surface area (Å²) in [5.74, 6) is -0.940. The minimum absolute atomic E-state index is 0.00151. The topological polar surface area (TPSA) is 99.4 Å². The second kappa shape index (κ2) is 8.81. The Hall–Kier alpha value is -3.69. The van der Waals surface area contributed by atoms with E-state index in [-0.39, 0.29) is 35.2 Å². The number of fused-ring (bicyclic) bond motifs is 1. The van der Waals surface area contributed by atoms with Crippen molar-refractivity contribution in [3.05, 3.63) is 42.2 Å². The van der Waals surface area contributed by atoms with Crippen LogP contribution in [-0.4, -0.2) is 46.6 Å². The van der Waals surface area contributed by atoms with Gasteiger partial charge in [0.25, 0.3) is 0 Å². The summed E-state index contributed by atoms with van der Waals surface area (Å²) < 4.78 is 43.1. The van der Waals surface area contributed by atoms with Crippen molar-refractivity contribution in [3.8, 4) is 28.5 Å². The van der Waals surface area contributed by atoms with Gasteiger partial charge in [-0.05, 0) is 37.0 Å². The summed E-state index contributed by atoms with van der Waals surface area (Å²) in [5, 5.41) is 8.74. The normalized spacial score (nSPS) is 13.4. The number of hydrogen-bond acceptors (Lipinski definition) is 6. The first-order chi connectivity index (χ1) is 15.4. The molecule has 8 nitrogen and oxygen atoms in total. The Morgan fingerprint density at radius 3 is 2.66 bits per heavy atom. The summed E-state index contributed by atoms with van der Waals surface area (Å²) >= 11 is 0. The van der Waals surface area contributed by atoms with E-state index >= 15 is 0 Å². The molecule has 32 heavy (non-hydrogen) atoms. The van der Waals surface area contributed by atoms with Crippen molar-refractivity contribution >= 4 is 17.4 Å². The zero-order valence-electron chi connectivity index (χ0n) is 17.1. The maximum atomic E-state index is 13.1. The molecule has 0 bridgehead atoms. The summed E-state index contributed by atoms with van der Waals surface area (Å²) in [4.78, 5) is 27.7. The Labute approximate surface area is 181 Å². The molecule has 0 unspecified atom stereocenters. The third-order valence-corrected chi connectivity index (χ3v) is 5.09. The van der Waals surface area contributed by atoms with Crippen LogP contribution in [0.25, 0.3) is 16.9 Å². The van der Waals surface area contributed by atoms with Crippen LogP contribution in [0.4, 0.5) is 8.78 Å². The van der Waals surface area contributed by atoms with Crippen LogP contribution in [0.1, 0.15) is 29.6 Å². The molecule has 0 atom stereocenters. The molecule has 1 aromatic carbocycles. The van der Waals surface area contributed by atoms with Crippen LogP contribution in [-0.2, 0) is 4.79 Å². The van der Waals surface area contributed by atoms with Crippen molar-refractivity contribution in [2.45, 2.75) is 25.9 Å². The highest BCUT2D eigenvalue weighted by atomic mass is 19.3. The zero-order chi connectivity index (χ0) is 22.8. The molecule has 0 aliphatic heterocycles. The quantitative estimate of drug-likeness (QED) is 0.469. The van der Waals surface area contributed by atoms with E-state index in [1.165, 1.54) is 19.4 Å². The second-order valence-electron chi connectivity index (χ2n) is 7.42. The van der Waals surface area contributed by atoms with E-state index in [9.17, 15) is 18.4 Å². The number of carboxylic acids is 1. The molecule has 2 aromatic heterocycles. The SMILES string of the molecule is COc1cc(-c2cnc3cc(OCC(=O)O)ccn23)cc(OC(F)F)c1C(=O)CC1CC1. The summed E-state index contributed by atoms with van der Waals surface area (Å²) in [6.45, 7) is -3.61. The molecule has 1 N–H and O–H groups in total. The number of benzene rings is 1. The van der Waals surface area contributed by atoms with Crippen LogP contribution in [0.5, 0.6) is 17.2 Å². The number of ketones is 1. The van der Waals surface area contributed by atoms with E-state index in [0.29, 0.717) is 22.7 Å². The third-order valence-electron chi connectivity index (χ3n) is 5.09. The van der Waals surface area contributed by atoms with Gasteiger partial charge in [0.05, 0.1) is 19.0 Å². The maximum absolute atomic E-state index is 13.1. The Morgan fingerprint density at radius 2 is 2.00 bits per heavy atom. The Bertz CT molecular complexity index is 1170. The number of carbonyl (C=O) groups is 2. The number of pyridine rings is 1. The average Bonchev–Trinajstić information content (AvgIpc) is 3.46. The molecule has 10 heteroatoms. The number of aliphatic carboxylic acids is 1. The lowest BCUT2D eigenvalue weighted by molar-refractivity contribution is -0.139. The standard InChI is InChI=1S/C22H20F2N2O6/c1-30-17-7-13(8-18(32-22(23)24)21(17)16(27)6-12-2-3-12)15-10-25-19-9-14(4-5-26(15)19)31-11-20(28)29/h4-5,7-10,12,22H,2-3,6,11H2,1H3,(H,28,29). The summed E-state index contributed by atoms with van der Waals surface area (Å²) in [5.41, 5.74) is 1.43. The van der Waals surface area contributed by atoms with Crippen LogP contribution in [0.3, 0.4) is 0 Å². The van der Waals surface area contributed by atoms with Crippen molar-refractivity contribution in [2.75, 3.05) is 13.7 Å². The Kier molecular flexibility index (Phi) is 5.93. The number of nitrogens with zero attached hydrogens (tertiary/aromatic N) is 2. The number of carboxylic acid groups (broad SMARTS) is 1. The van der Waals surface area contributed by atoms with E-state index in [0.717, 1.165) is 12.8 Å². The van der Waals surface area contributed by atoms with Gasteiger partial charge in [-0.25, -0.2) is 9.78 Å². The van der Waals surface area contributed by atoms with E-state index in [2.05, 4.69) is 4.98 Å². The summed E-state index contributed by atoms with van der Waals surface area (Å²) in [6.07, 6.45) is 5.27. The lowest BCUT2D eigenvalue weighted by Gasteiger charge is -2.16. The molecule has 1 fully saturated rings. The molecule has 0 amide bonds. The van der Waals surface area contributed by atoms with Gasteiger partial charge >= 0.3 is 12.6 Å². The Morgan fingerprint density at radius 1 is 1.25 bits per heavy atom. The molecule has 0 radical (unpaired) electrons. The fraction of sp³-hybridized carbons (Fsp3) is 0.318. The van der Waals surface area contributed by atoms with E-state index in [1.807, 2.05) is 0 Å². The molecule has 0 saturated heterocycles. The first-order valence-electron chi connectivity index (χ1n) is 9.88. The van der Waals surface area contributed by atoms with Crippen LogP contribution < -0.4 is 14.2 Å². The molecular formula is C22H20F2N2O6. The van der Waals surface area contributed by atoms with Gasteiger partial charge in [0.1, 0.15) is 28.5 Å². The highest BCUT2D eigenvalue weighted by molar-refractivity contribution is 6.02. The van der Waals surface area contributed by atoms with Crippen molar-refractivity contribution in [3.63, 3.8) is 0 Å². The van der Waals surface area contributed by atoms with Gasteiger partial charge in [-0.3, -0.25) is 9.20 Å². The van der Waals surface area contributed by atoms with Gasteiger partial charge < -0.3 is 19.3 Å². The number of carbonyl (C=O) groups excluding carboxylic acids is 1. The van der Waals surface area contributed by atoms with Crippen LogP contribution in [0, 0.1) is 5.92 Å². The van der Waals surface area contributed by atoms with Crippen molar-refractivity contribution in [2.24, 2.45) is 5.92 Å². The van der Waals surface area contributed by atoms with Crippen LogP contribution in [0.2, 0.25) is 0 Å². The molecule has 1 aliphatic rings. The first-order valence-corrected chi connectivity index (χ1v) is 9.88. The number of aromatic nitrogens is 2. The van der Waals surface area contributed by atoms with Gasteiger partial charge in [-0.15, -0.1) is 0 Å². The molecule has 4 rings (SSSR count). The van der Waals surface area contributed by atoms with Gasteiger partial charge in [-0.1, -0.05) is 0 Å². The number of imidazole rings is 1. The third kappa shape index (κ3) is 4.63. The van der Waals surface area contributed by atoms with Crippen molar-refractivity contribution < 1.29 is 37.7 Å². The number of rotatable bonds is 10. The van der Waals surface area contributed by atoms with Gasteiger partial charge in [-0.2, -0.15) is 8.78 Å². The smallest absolute Gasteiger partial charge is 0.387 e. The van der Waals surface area contributed by atoms with Crippen molar-refractivity contribution in [1.29, 1.82) is 0 Å². The summed E-state index contributed by atoms with van der Waals surface area (Å²) in [6, 6.07) is 6.06. The van der Waals surface area contributed by atoms with Gasteiger partial charge in [0.2, 0.25) is 0 Å². The monoisotopic (exact) mass is 446 g/mol. The van der Waals surface area contributed by atoms with Crippen molar-refractivity contribution in [1.82, 2.24) is 9.38 Å². The largest absolute Gasteiger partial charge is 0.496 e. The number of ether oxygens (including phenoxy) is 3. The van der Waals surface area contributed by atoms with Crippen LogP contribution in [0.15, 0.2) is 36.7 Å². The lowest BCUT2D eigenvalue weighted by atomic mass is 10.00. The summed E-state index contributed by atoms with van der Waals surface area (Å²) in [7, 11) is 1.36. The molecule has 1 aliphatic carbocycles. The van der Waals surface area contributed by atoms with E-state index in [4.69, 9.17) is 19.3 Å². The zero-order valence-corrected chi connectivity index (χ0v) is 17.1. The van der Waals surface area contributed by atoms with Gasteiger partial charge in [0, 0.05) is 24.2 Å². The lowest BCUT2D eigenvalue weighted by Crippen LogP contribution is -2.11. The average molecular weight is 446 g/mol. The Balaban J connectivity index is 1.74. The van der Waals surface area contributed by atoms with Crippen LogP contribution >= 0.6 is 0 Å². The predicted molar refractivity (Wildman–Crippen MR) is 109 cm³/mol. The highest BCUT2D eigenvalue weighted by Gasteiger charge is 2.29. The fourth-order valence-corrected chi connectivity index (χ4v) is 3.46. The number of Topliss-reactive ketones (excluding diaryl/α,β-unsaturated/α-hetero) is 1. The molecule has 3 aromatic rings. The number of hydrogen-bond donors (Lipinski definition) is 1. The number of alkyl halides is 2. The highest BCUT2D eigenvalue weighted by Crippen LogP contribution is 2.40. The minimum Gasteiger partial charge on any atom is -0.496 e. The molecule has 168 valence electrons. The maximum Gasteiger partial charge on any atom is 0.387 e. The molecule has 1 saturated carbocycles. The van der Waals surface area contributed by atoms with Gasteiger partial charge in [0.15, 0.2) is 12.4 Å². The molecule has 2 heterocycles. The number of halogens is 2. The minimum atomic E-state index is -3.11. The molecule has 0 spiro atoms. The molecular weight excluding hydrogens is 426 g/mol. The second-order valence-corrected chi connectivity index (χ2v) is 7.42. The predicted octanol–water partition coefficient (Wildman–Crippen LogP) is 4.06. The van der Waals surface area contributed by atoms with E-state index in [1.54, 1.807) is 28.8 Å². The van der Waals surface area contributed by atoms with E-state index < -0.39 is 19.2 Å². The number of methoxy groups -OCH3 is 1. The fourth-order valence-electron chi connectivity index (χ4n) is 3.46.